The van der Waals surface area contributed by atoms with E-state index in [1.807, 2.05) is 13.1 Å². The SMILES string of the molecule is CCc1nc(NC)cc(NC2CCOC2C)n1. The number of nitrogens with zero attached hydrogens (tertiary/aromatic N) is 2. The Hall–Kier alpha value is -1.36. The number of anilines is 2. The highest BCUT2D eigenvalue weighted by molar-refractivity contribution is 5.48. The molecule has 0 amide bonds. The van der Waals surface area contributed by atoms with Crippen molar-refractivity contribution in [2.24, 2.45) is 0 Å². The molecule has 5 nitrogen and oxygen atoms in total. The Labute approximate surface area is 102 Å². The number of aromatic nitrogens is 2. The van der Waals surface area contributed by atoms with Crippen LogP contribution in [-0.4, -0.2) is 35.8 Å². The molecule has 1 fully saturated rings. The maximum absolute atomic E-state index is 5.53. The average Bonchev–Trinajstić information content (AvgIpc) is 2.74. The molecule has 94 valence electrons. The highest BCUT2D eigenvalue weighted by Gasteiger charge is 2.24. The van der Waals surface area contributed by atoms with E-state index < -0.39 is 0 Å². The van der Waals surface area contributed by atoms with Gasteiger partial charge < -0.3 is 15.4 Å². The van der Waals surface area contributed by atoms with Gasteiger partial charge >= 0.3 is 0 Å². The first-order chi connectivity index (χ1) is 8.22. The quantitative estimate of drug-likeness (QED) is 0.832. The van der Waals surface area contributed by atoms with Gasteiger partial charge in [-0.1, -0.05) is 6.92 Å². The van der Waals surface area contributed by atoms with Crippen LogP contribution in [0.4, 0.5) is 11.6 Å². The van der Waals surface area contributed by atoms with Crippen molar-refractivity contribution in [2.75, 3.05) is 24.3 Å². The first kappa shape index (κ1) is 12.1. The summed E-state index contributed by atoms with van der Waals surface area (Å²) >= 11 is 0. The molecule has 0 aromatic carbocycles. The Morgan fingerprint density at radius 3 is 2.76 bits per heavy atom. The summed E-state index contributed by atoms with van der Waals surface area (Å²) in [6.45, 7) is 4.97. The van der Waals surface area contributed by atoms with E-state index in [1.54, 1.807) is 0 Å². The van der Waals surface area contributed by atoms with E-state index >= 15 is 0 Å². The largest absolute Gasteiger partial charge is 0.376 e. The second-order valence-electron chi connectivity index (χ2n) is 4.27. The molecule has 0 aliphatic carbocycles. The first-order valence-electron chi connectivity index (χ1n) is 6.16. The number of ether oxygens (including phenoxy) is 1. The summed E-state index contributed by atoms with van der Waals surface area (Å²) in [5.41, 5.74) is 0. The topological polar surface area (TPSA) is 59.1 Å². The van der Waals surface area contributed by atoms with E-state index in [0.29, 0.717) is 6.04 Å². The molecule has 0 bridgehead atoms. The van der Waals surface area contributed by atoms with Crippen molar-refractivity contribution in [2.45, 2.75) is 38.8 Å². The highest BCUT2D eigenvalue weighted by atomic mass is 16.5. The number of rotatable bonds is 4. The fourth-order valence-electron chi connectivity index (χ4n) is 1.97. The molecule has 2 unspecified atom stereocenters. The zero-order valence-corrected chi connectivity index (χ0v) is 10.7. The minimum atomic E-state index is 0.244. The van der Waals surface area contributed by atoms with Crippen LogP contribution in [0.5, 0.6) is 0 Å². The van der Waals surface area contributed by atoms with Gasteiger partial charge in [-0.2, -0.15) is 0 Å². The van der Waals surface area contributed by atoms with E-state index in [2.05, 4.69) is 34.4 Å². The summed E-state index contributed by atoms with van der Waals surface area (Å²) in [5.74, 6) is 2.58. The lowest BCUT2D eigenvalue weighted by Crippen LogP contribution is -2.27. The van der Waals surface area contributed by atoms with Gasteiger partial charge in [-0.3, -0.25) is 0 Å². The maximum Gasteiger partial charge on any atom is 0.132 e. The molecule has 0 radical (unpaired) electrons. The van der Waals surface area contributed by atoms with E-state index in [0.717, 1.165) is 36.9 Å². The molecule has 2 rings (SSSR count). The molecule has 2 N–H and O–H groups in total. The molecule has 0 spiro atoms. The Morgan fingerprint density at radius 1 is 1.41 bits per heavy atom. The van der Waals surface area contributed by atoms with Gasteiger partial charge in [0.25, 0.3) is 0 Å². The van der Waals surface area contributed by atoms with Crippen LogP contribution in [0.3, 0.4) is 0 Å². The second-order valence-corrected chi connectivity index (χ2v) is 4.27. The van der Waals surface area contributed by atoms with Gasteiger partial charge in [-0.05, 0) is 13.3 Å². The Bertz CT molecular complexity index is 361. The Morgan fingerprint density at radius 2 is 2.18 bits per heavy atom. The summed E-state index contributed by atoms with van der Waals surface area (Å²) in [5, 5.41) is 6.48. The van der Waals surface area contributed by atoms with E-state index in [1.165, 1.54) is 0 Å². The third-order valence-corrected chi connectivity index (χ3v) is 3.05. The monoisotopic (exact) mass is 236 g/mol. The number of hydrogen-bond acceptors (Lipinski definition) is 5. The molecule has 17 heavy (non-hydrogen) atoms. The Balaban J connectivity index is 2.14. The predicted molar refractivity (Wildman–Crippen MR) is 68.4 cm³/mol. The fraction of sp³-hybridized carbons (Fsp3) is 0.667. The van der Waals surface area contributed by atoms with Crippen LogP contribution in [0.2, 0.25) is 0 Å². The minimum absolute atomic E-state index is 0.244. The number of hydrogen-bond donors (Lipinski definition) is 2. The molecule has 1 saturated heterocycles. The zero-order valence-electron chi connectivity index (χ0n) is 10.7. The van der Waals surface area contributed by atoms with Crippen molar-refractivity contribution in [1.29, 1.82) is 0 Å². The third-order valence-electron chi connectivity index (χ3n) is 3.05. The molecule has 0 saturated carbocycles. The lowest BCUT2D eigenvalue weighted by Gasteiger charge is -2.17. The standard InChI is InChI=1S/C12H20N4O/c1-4-10-15-11(13-3)7-12(16-10)14-9-5-6-17-8(9)2/h7-9H,4-6H2,1-3H3,(H2,13,14,15,16). The lowest BCUT2D eigenvalue weighted by molar-refractivity contribution is 0.121. The molecular weight excluding hydrogens is 216 g/mol. The van der Waals surface area contributed by atoms with E-state index in [4.69, 9.17) is 4.74 Å². The van der Waals surface area contributed by atoms with Crippen LogP contribution in [-0.2, 0) is 11.2 Å². The smallest absolute Gasteiger partial charge is 0.132 e. The van der Waals surface area contributed by atoms with Crippen molar-refractivity contribution in [3.63, 3.8) is 0 Å². The molecular formula is C12H20N4O. The van der Waals surface area contributed by atoms with Gasteiger partial charge in [0.15, 0.2) is 0 Å². The minimum Gasteiger partial charge on any atom is -0.376 e. The average molecular weight is 236 g/mol. The van der Waals surface area contributed by atoms with E-state index in [-0.39, 0.29) is 6.10 Å². The molecule has 5 heteroatoms. The van der Waals surface area contributed by atoms with Crippen LogP contribution in [0, 0.1) is 0 Å². The highest BCUT2D eigenvalue weighted by Crippen LogP contribution is 2.19. The molecule has 1 aliphatic heterocycles. The number of nitrogens with one attached hydrogen (secondary N) is 2. The fourth-order valence-corrected chi connectivity index (χ4v) is 1.97. The molecule has 1 aromatic rings. The van der Waals surface area contributed by atoms with Crippen LogP contribution in [0.1, 0.15) is 26.1 Å². The van der Waals surface area contributed by atoms with Crippen molar-refractivity contribution in [1.82, 2.24) is 9.97 Å². The Kier molecular flexibility index (Phi) is 3.78. The van der Waals surface area contributed by atoms with Gasteiger partial charge in [0.05, 0.1) is 12.1 Å². The van der Waals surface area contributed by atoms with Gasteiger partial charge in [-0.15, -0.1) is 0 Å². The summed E-state index contributed by atoms with van der Waals surface area (Å²) in [7, 11) is 1.87. The zero-order chi connectivity index (χ0) is 12.3. The summed E-state index contributed by atoms with van der Waals surface area (Å²) in [6.07, 6.45) is 2.11. The van der Waals surface area contributed by atoms with Gasteiger partial charge in [-0.25, -0.2) is 9.97 Å². The number of aryl methyl sites for hydroxylation is 1. The predicted octanol–water partition coefficient (Wildman–Crippen LogP) is 1.67. The van der Waals surface area contributed by atoms with Crippen LogP contribution < -0.4 is 10.6 Å². The molecule has 2 atom stereocenters. The summed E-state index contributed by atoms with van der Waals surface area (Å²) < 4.78 is 5.53. The summed E-state index contributed by atoms with van der Waals surface area (Å²) in [6, 6.07) is 2.28. The van der Waals surface area contributed by atoms with Crippen LogP contribution >= 0.6 is 0 Å². The summed E-state index contributed by atoms with van der Waals surface area (Å²) in [4.78, 5) is 8.85. The lowest BCUT2D eigenvalue weighted by atomic mass is 10.1. The van der Waals surface area contributed by atoms with Gasteiger partial charge in [0, 0.05) is 26.1 Å². The van der Waals surface area contributed by atoms with Crippen molar-refractivity contribution >= 4 is 11.6 Å². The van der Waals surface area contributed by atoms with Crippen molar-refractivity contribution < 1.29 is 4.74 Å². The molecule has 1 aromatic heterocycles. The maximum atomic E-state index is 5.53. The molecule has 2 heterocycles. The van der Waals surface area contributed by atoms with Gasteiger partial charge in [0.1, 0.15) is 17.5 Å². The molecule has 1 aliphatic rings. The van der Waals surface area contributed by atoms with Crippen LogP contribution in [0.15, 0.2) is 6.07 Å². The van der Waals surface area contributed by atoms with Crippen molar-refractivity contribution in [3.8, 4) is 0 Å². The second kappa shape index (κ2) is 5.31. The normalized spacial score (nSPS) is 23.7. The van der Waals surface area contributed by atoms with E-state index in [9.17, 15) is 0 Å². The first-order valence-corrected chi connectivity index (χ1v) is 6.16. The van der Waals surface area contributed by atoms with Crippen LogP contribution in [0.25, 0.3) is 0 Å². The van der Waals surface area contributed by atoms with Crippen molar-refractivity contribution in [3.05, 3.63) is 11.9 Å². The van der Waals surface area contributed by atoms with Gasteiger partial charge in [0.2, 0.25) is 0 Å². The third kappa shape index (κ3) is 2.85.